The Hall–Kier alpha value is -3.30. The first kappa shape index (κ1) is 25.4. The molecule has 0 spiro atoms. The van der Waals surface area contributed by atoms with Crippen molar-refractivity contribution in [2.24, 2.45) is 5.73 Å². The number of benzene rings is 1. The minimum absolute atomic E-state index is 0.00603. The van der Waals surface area contributed by atoms with E-state index >= 15 is 8.78 Å². The van der Waals surface area contributed by atoms with Crippen molar-refractivity contribution in [3.63, 3.8) is 0 Å². The van der Waals surface area contributed by atoms with Crippen molar-refractivity contribution in [1.29, 1.82) is 0 Å². The number of rotatable bonds is 6. The lowest BCUT2D eigenvalue weighted by molar-refractivity contribution is 0.0987. The number of Topliss-reactive ketones (excluding diaryl/α,β-unsaturated/α-hetero) is 1. The highest BCUT2D eigenvalue weighted by Gasteiger charge is 2.25. The van der Waals surface area contributed by atoms with Crippen LogP contribution in [0.2, 0.25) is 0 Å². The summed E-state index contributed by atoms with van der Waals surface area (Å²) in [5.41, 5.74) is 7.11. The molecule has 9 heteroatoms. The Balaban J connectivity index is 1.42. The number of nitrogens with zero attached hydrogens (tertiary/aromatic N) is 3. The second kappa shape index (κ2) is 11.0. The lowest BCUT2D eigenvalue weighted by Gasteiger charge is -2.29. The van der Waals surface area contributed by atoms with Crippen LogP contribution in [-0.4, -0.2) is 48.1 Å². The number of anilines is 1. The summed E-state index contributed by atoms with van der Waals surface area (Å²) in [6.07, 6.45) is 7.17. The summed E-state index contributed by atoms with van der Waals surface area (Å²) in [7, 11) is 0. The van der Waals surface area contributed by atoms with Crippen molar-refractivity contribution in [1.82, 2.24) is 9.97 Å². The van der Waals surface area contributed by atoms with E-state index in [0.29, 0.717) is 32.0 Å². The molecular formula is C28H29F3N4O2. The molecule has 0 unspecified atom stereocenters. The molecule has 5 rings (SSSR count). The molecule has 2 fully saturated rings. The fraction of sp³-hybridized carbons (Fsp3) is 0.393. The molecular weight excluding hydrogens is 481 g/mol. The molecule has 1 aliphatic carbocycles. The Kier molecular flexibility index (Phi) is 7.53. The molecule has 0 radical (unpaired) electrons. The van der Waals surface area contributed by atoms with Gasteiger partial charge in [0.25, 0.3) is 0 Å². The van der Waals surface area contributed by atoms with Gasteiger partial charge in [0.1, 0.15) is 28.8 Å². The van der Waals surface area contributed by atoms with Gasteiger partial charge in [-0.25, -0.2) is 18.2 Å². The van der Waals surface area contributed by atoms with Crippen molar-refractivity contribution in [3.8, 4) is 11.3 Å². The maximum Gasteiger partial charge on any atom is 0.185 e. The Labute approximate surface area is 213 Å². The lowest BCUT2D eigenvalue weighted by atomic mass is 9.80. The summed E-state index contributed by atoms with van der Waals surface area (Å²) in [4.78, 5) is 23.3. The zero-order valence-corrected chi connectivity index (χ0v) is 20.4. The highest BCUT2D eigenvalue weighted by atomic mass is 19.1. The number of hydrogen-bond acceptors (Lipinski definition) is 6. The van der Waals surface area contributed by atoms with Crippen LogP contribution in [0.4, 0.5) is 18.9 Å². The van der Waals surface area contributed by atoms with Gasteiger partial charge in [0.15, 0.2) is 5.78 Å². The number of hydrogen-bond donors (Lipinski definition) is 1. The molecule has 1 saturated heterocycles. The van der Waals surface area contributed by atoms with E-state index in [1.165, 1.54) is 6.07 Å². The average molecular weight is 511 g/mol. The van der Waals surface area contributed by atoms with Gasteiger partial charge in [-0.2, -0.15) is 0 Å². The number of halogens is 3. The Morgan fingerprint density at radius 3 is 2.54 bits per heavy atom. The van der Waals surface area contributed by atoms with E-state index < -0.39 is 28.7 Å². The van der Waals surface area contributed by atoms with Crippen LogP contribution in [0, 0.1) is 17.5 Å². The van der Waals surface area contributed by atoms with E-state index in [9.17, 15) is 9.18 Å². The first-order chi connectivity index (χ1) is 17.9. The molecule has 194 valence electrons. The fourth-order valence-corrected chi connectivity index (χ4v) is 5.32. The van der Waals surface area contributed by atoms with Crippen LogP contribution in [0.15, 0.2) is 42.7 Å². The Morgan fingerprint density at radius 2 is 1.81 bits per heavy atom. The second-order valence-electron chi connectivity index (χ2n) is 9.71. The molecule has 1 aromatic carbocycles. The highest BCUT2D eigenvalue weighted by Crippen LogP contribution is 2.35. The topological polar surface area (TPSA) is 81.3 Å². The molecule has 1 aliphatic heterocycles. The van der Waals surface area contributed by atoms with Gasteiger partial charge < -0.3 is 15.4 Å². The molecule has 0 bridgehead atoms. The minimum Gasteiger partial charge on any atom is -0.378 e. The number of aromatic nitrogens is 2. The zero-order chi connectivity index (χ0) is 25.9. The van der Waals surface area contributed by atoms with E-state index in [0.717, 1.165) is 55.0 Å². The van der Waals surface area contributed by atoms with E-state index in [1.54, 1.807) is 17.3 Å². The van der Waals surface area contributed by atoms with E-state index in [4.69, 9.17) is 10.5 Å². The molecule has 6 nitrogen and oxygen atoms in total. The summed E-state index contributed by atoms with van der Waals surface area (Å²) in [5.74, 6) is -2.95. The SMILES string of the molecule is N[C@H]1CCC[C@@H](c2ccncc2CC(=O)c2ccc(F)c(-c3c(F)cc(N4CCOCC4)cc3F)n2)C1. The number of ketones is 1. The highest BCUT2D eigenvalue weighted by molar-refractivity contribution is 5.96. The summed E-state index contributed by atoms with van der Waals surface area (Å²) in [6, 6.07) is 6.62. The van der Waals surface area contributed by atoms with Crippen molar-refractivity contribution < 1.29 is 22.7 Å². The Bertz CT molecular complexity index is 1270. The maximum absolute atomic E-state index is 15.1. The molecule has 1 saturated carbocycles. The molecule has 2 aromatic heterocycles. The van der Waals surface area contributed by atoms with Crippen molar-refractivity contribution in [2.45, 2.75) is 44.1 Å². The first-order valence-electron chi connectivity index (χ1n) is 12.6. The predicted molar refractivity (Wildman–Crippen MR) is 134 cm³/mol. The van der Waals surface area contributed by atoms with Gasteiger partial charge in [0.05, 0.1) is 18.8 Å². The minimum atomic E-state index is -0.944. The predicted octanol–water partition coefficient (Wildman–Crippen LogP) is 4.81. The van der Waals surface area contributed by atoms with Crippen molar-refractivity contribution in [2.75, 3.05) is 31.2 Å². The maximum atomic E-state index is 15.1. The molecule has 3 heterocycles. The normalized spacial score (nSPS) is 20.2. The number of pyridine rings is 2. The van der Waals surface area contributed by atoms with Gasteiger partial charge >= 0.3 is 0 Å². The van der Waals surface area contributed by atoms with Gasteiger partial charge in [-0.05, 0) is 66.6 Å². The van der Waals surface area contributed by atoms with Crippen LogP contribution in [-0.2, 0) is 11.2 Å². The molecule has 0 amide bonds. The van der Waals surface area contributed by atoms with E-state index in [2.05, 4.69) is 9.97 Å². The van der Waals surface area contributed by atoms with E-state index in [1.807, 2.05) is 6.07 Å². The number of morpholine rings is 1. The monoisotopic (exact) mass is 510 g/mol. The van der Waals surface area contributed by atoms with Gasteiger partial charge in [-0.1, -0.05) is 6.42 Å². The quantitative estimate of drug-likeness (QED) is 0.480. The third-order valence-corrected chi connectivity index (χ3v) is 7.22. The standard InChI is InChI=1S/C28H29F3N4O2/c29-22-4-5-25(26(36)13-18-16-33-7-6-21(18)17-2-1-3-19(32)12-17)34-28(22)27-23(30)14-20(15-24(27)31)35-8-10-37-11-9-35/h4-7,14-17,19H,1-3,8-13,32H2/t17-,19+/m1/s1. The molecule has 3 aromatic rings. The lowest BCUT2D eigenvalue weighted by Crippen LogP contribution is -2.36. The smallest absolute Gasteiger partial charge is 0.185 e. The van der Waals surface area contributed by atoms with Crippen molar-refractivity contribution in [3.05, 3.63) is 77.0 Å². The van der Waals surface area contributed by atoms with Gasteiger partial charge in [0, 0.05) is 43.6 Å². The Morgan fingerprint density at radius 1 is 1.05 bits per heavy atom. The first-order valence-corrected chi connectivity index (χ1v) is 12.6. The average Bonchev–Trinajstić information content (AvgIpc) is 2.90. The van der Waals surface area contributed by atoms with Crippen LogP contribution < -0.4 is 10.6 Å². The van der Waals surface area contributed by atoms with Gasteiger partial charge in [0.2, 0.25) is 0 Å². The number of carbonyl (C=O) groups excluding carboxylic acids is 1. The second-order valence-corrected chi connectivity index (χ2v) is 9.71. The number of carbonyl (C=O) groups is 1. The van der Waals surface area contributed by atoms with Gasteiger partial charge in [-0.15, -0.1) is 0 Å². The largest absolute Gasteiger partial charge is 0.378 e. The van der Waals surface area contributed by atoms with Gasteiger partial charge in [-0.3, -0.25) is 9.78 Å². The van der Waals surface area contributed by atoms with E-state index in [-0.39, 0.29) is 29.9 Å². The molecule has 2 atom stereocenters. The molecule has 37 heavy (non-hydrogen) atoms. The molecule has 2 aliphatic rings. The third-order valence-electron chi connectivity index (χ3n) is 7.22. The summed E-state index contributed by atoms with van der Waals surface area (Å²) >= 11 is 0. The van der Waals surface area contributed by atoms with Crippen LogP contribution in [0.25, 0.3) is 11.3 Å². The van der Waals surface area contributed by atoms with Crippen LogP contribution in [0.1, 0.15) is 53.2 Å². The van der Waals surface area contributed by atoms with Crippen LogP contribution in [0.3, 0.4) is 0 Å². The number of ether oxygens (including phenoxy) is 1. The fourth-order valence-electron chi connectivity index (χ4n) is 5.32. The molecule has 2 N–H and O–H groups in total. The summed E-state index contributed by atoms with van der Waals surface area (Å²) in [5, 5.41) is 0. The van der Waals surface area contributed by atoms with Crippen LogP contribution in [0.5, 0.6) is 0 Å². The zero-order valence-electron chi connectivity index (χ0n) is 20.4. The summed E-state index contributed by atoms with van der Waals surface area (Å²) < 4.78 is 50.2. The summed E-state index contributed by atoms with van der Waals surface area (Å²) in [6.45, 7) is 1.91. The number of nitrogens with two attached hydrogens (primary N) is 1. The van der Waals surface area contributed by atoms with Crippen molar-refractivity contribution >= 4 is 11.5 Å². The van der Waals surface area contributed by atoms with Crippen LogP contribution >= 0.6 is 0 Å². The third kappa shape index (κ3) is 5.52.